The van der Waals surface area contributed by atoms with E-state index in [0.29, 0.717) is 12.8 Å². The van der Waals surface area contributed by atoms with Gasteiger partial charge >= 0.3 is 0 Å². The first-order valence-electron chi connectivity index (χ1n) is 3.48. The minimum atomic E-state index is -0.895. The van der Waals surface area contributed by atoms with E-state index in [1.807, 2.05) is 6.92 Å². The first-order valence-corrected chi connectivity index (χ1v) is 3.48. The summed E-state index contributed by atoms with van der Waals surface area (Å²) in [7, 11) is 0. The second-order valence-corrected chi connectivity index (χ2v) is 2.90. The summed E-state index contributed by atoms with van der Waals surface area (Å²) in [5, 5.41) is 0. The van der Waals surface area contributed by atoms with Crippen LogP contribution in [0.2, 0.25) is 0 Å². The molecule has 0 saturated heterocycles. The SMILES string of the molecule is C[C@@H]1CCC(F)C[C@@H]1F. The van der Waals surface area contributed by atoms with E-state index in [2.05, 4.69) is 0 Å². The van der Waals surface area contributed by atoms with E-state index in [-0.39, 0.29) is 12.3 Å². The maximum absolute atomic E-state index is 12.6. The number of hydrogen-bond donors (Lipinski definition) is 0. The van der Waals surface area contributed by atoms with Crippen LogP contribution >= 0.6 is 0 Å². The lowest BCUT2D eigenvalue weighted by atomic mass is 9.88. The molecule has 1 saturated carbocycles. The van der Waals surface area contributed by atoms with Crippen LogP contribution in [0, 0.1) is 5.92 Å². The Labute approximate surface area is 54.3 Å². The smallest absolute Gasteiger partial charge is 0.105 e. The summed E-state index contributed by atoms with van der Waals surface area (Å²) in [6.45, 7) is 1.84. The monoisotopic (exact) mass is 134 g/mol. The molecule has 1 unspecified atom stereocenters. The number of hydrogen-bond acceptors (Lipinski definition) is 0. The molecule has 9 heavy (non-hydrogen) atoms. The van der Waals surface area contributed by atoms with Crippen molar-refractivity contribution in [1.29, 1.82) is 0 Å². The first kappa shape index (κ1) is 6.97. The highest BCUT2D eigenvalue weighted by molar-refractivity contribution is 4.76. The van der Waals surface area contributed by atoms with Gasteiger partial charge in [-0.25, -0.2) is 8.78 Å². The van der Waals surface area contributed by atoms with Crippen molar-refractivity contribution < 1.29 is 8.78 Å². The molecule has 0 spiro atoms. The van der Waals surface area contributed by atoms with Gasteiger partial charge < -0.3 is 0 Å². The fraction of sp³-hybridized carbons (Fsp3) is 1.00. The van der Waals surface area contributed by atoms with Crippen LogP contribution in [-0.2, 0) is 0 Å². The zero-order valence-corrected chi connectivity index (χ0v) is 5.61. The molecule has 1 rings (SSSR count). The van der Waals surface area contributed by atoms with Gasteiger partial charge in [0.15, 0.2) is 0 Å². The molecule has 3 atom stereocenters. The van der Waals surface area contributed by atoms with Gasteiger partial charge in [-0.3, -0.25) is 0 Å². The van der Waals surface area contributed by atoms with Crippen LogP contribution in [-0.4, -0.2) is 12.3 Å². The zero-order chi connectivity index (χ0) is 6.85. The Balaban J connectivity index is 2.35. The van der Waals surface area contributed by atoms with Crippen LogP contribution in [0.4, 0.5) is 8.78 Å². The number of halogens is 2. The van der Waals surface area contributed by atoms with Crippen LogP contribution in [0.3, 0.4) is 0 Å². The average Bonchev–Trinajstić information content (AvgIpc) is 1.80. The molecule has 1 aliphatic rings. The average molecular weight is 134 g/mol. The second kappa shape index (κ2) is 2.63. The van der Waals surface area contributed by atoms with Crippen LogP contribution in [0.1, 0.15) is 26.2 Å². The van der Waals surface area contributed by atoms with Gasteiger partial charge in [0.1, 0.15) is 12.3 Å². The fourth-order valence-electron chi connectivity index (χ4n) is 1.22. The third kappa shape index (κ3) is 1.63. The Bertz CT molecular complexity index is 92.9. The standard InChI is InChI=1S/C7H12F2/c1-5-2-3-6(8)4-7(5)9/h5-7H,2-4H2,1H3/t5-,6?,7+/m1/s1. The molecule has 0 aromatic rings. The molecule has 1 fully saturated rings. The second-order valence-electron chi connectivity index (χ2n) is 2.90. The Morgan fingerprint density at radius 1 is 1.22 bits per heavy atom. The summed E-state index contributed by atoms with van der Waals surface area (Å²) in [4.78, 5) is 0. The quantitative estimate of drug-likeness (QED) is 0.477. The van der Waals surface area contributed by atoms with E-state index >= 15 is 0 Å². The molecule has 54 valence electrons. The number of rotatable bonds is 0. The highest BCUT2D eigenvalue weighted by Crippen LogP contribution is 2.28. The van der Waals surface area contributed by atoms with Gasteiger partial charge in [-0.15, -0.1) is 0 Å². The molecule has 0 amide bonds. The van der Waals surface area contributed by atoms with Gasteiger partial charge in [-0.1, -0.05) is 6.92 Å². The Kier molecular flexibility index (Phi) is 2.04. The highest BCUT2D eigenvalue weighted by Gasteiger charge is 2.26. The first-order chi connectivity index (χ1) is 4.20. The molecule has 0 heterocycles. The van der Waals surface area contributed by atoms with Crippen molar-refractivity contribution in [2.45, 2.75) is 38.5 Å². The van der Waals surface area contributed by atoms with E-state index in [0.717, 1.165) is 0 Å². The third-order valence-electron chi connectivity index (χ3n) is 2.03. The molecule has 0 aromatic carbocycles. The molecule has 0 aromatic heterocycles. The van der Waals surface area contributed by atoms with Gasteiger partial charge in [0, 0.05) is 6.42 Å². The molecule has 0 radical (unpaired) electrons. The Morgan fingerprint density at radius 3 is 2.33 bits per heavy atom. The van der Waals surface area contributed by atoms with Crippen molar-refractivity contribution in [2.24, 2.45) is 5.92 Å². The van der Waals surface area contributed by atoms with Crippen molar-refractivity contribution in [3.63, 3.8) is 0 Å². The van der Waals surface area contributed by atoms with E-state index in [9.17, 15) is 8.78 Å². The molecule has 1 aliphatic carbocycles. The normalized spacial score (nSPS) is 45.0. The van der Waals surface area contributed by atoms with Crippen molar-refractivity contribution in [3.8, 4) is 0 Å². The van der Waals surface area contributed by atoms with Crippen LogP contribution in [0.5, 0.6) is 0 Å². The van der Waals surface area contributed by atoms with Crippen LogP contribution < -0.4 is 0 Å². The van der Waals surface area contributed by atoms with Gasteiger partial charge in [0.25, 0.3) is 0 Å². The van der Waals surface area contributed by atoms with E-state index in [4.69, 9.17) is 0 Å². The number of alkyl halides is 2. The largest absolute Gasteiger partial charge is 0.247 e. The van der Waals surface area contributed by atoms with Gasteiger partial charge in [0.2, 0.25) is 0 Å². The van der Waals surface area contributed by atoms with E-state index in [1.54, 1.807) is 0 Å². The van der Waals surface area contributed by atoms with E-state index in [1.165, 1.54) is 0 Å². The summed E-state index contributed by atoms with van der Waals surface area (Å²) >= 11 is 0. The molecule has 0 nitrogen and oxygen atoms in total. The summed E-state index contributed by atoms with van der Waals surface area (Å²) in [6, 6.07) is 0. The lowest BCUT2D eigenvalue weighted by molar-refractivity contribution is 0.111. The maximum atomic E-state index is 12.6. The minimum absolute atomic E-state index is 0.0806. The van der Waals surface area contributed by atoms with Crippen molar-refractivity contribution >= 4 is 0 Å². The summed E-state index contributed by atoms with van der Waals surface area (Å²) in [5.41, 5.74) is 0. The summed E-state index contributed by atoms with van der Waals surface area (Å²) in [5.74, 6) is 0.0806. The molecule has 2 heteroatoms. The topological polar surface area (TPSA) is 0 Å². The molecular formula is C7H12F2. The summed E-state index contributed by atoms with van der Waals surface area (Å²) < 4.78 is 25.0. The minimum Gasteiger partial charge on any atom is -0.247 e. The van der Waals surface area contributed by atoms with Crippen LogP contribution in [0.25, 0.3) is 0 Å². The van der Waals surface area contributed by atoms with E-state index < -0.39 is 12.3 Å². The predicted molar refractivity (Wildman–Crippen MR) is 32.8 cm³/mol. The van der Waals surface area contributed by atoms with Crippen molar-refractivity contribution in [1.82, 2.24) is 0 Å². The van der Waals surface area contributed by atoms with Crippen molar-refractivity contribution in [2.75, 3.05) is 0 Å². The lowest BCUT2D eigenvalue weighted by Gasteiger charge is -2.24. The fourth-order valence-corrected chi connectivity index (χ4v) is 1.22. The Hall–Kier alpha value is -0.140. The molecule has 0 bridgehead atoms. The van der Waals surface area contributed by atoms with Crippen LogP contribution in [0.15, 0.2) is 0 Å². The third-order valence-corrected chi connectivity index (χ3v) is 2.03. The van der Waals surface area contributed by atoms with Gasteiger partial charge in [-0.05, 0) is 18.8 Å². The van der Waals surface area contributed by atoms with Gasteiger partial charge in [0.05, 0.1) is 0 Å². The van der Waals surface area contributed by atoms with Gasteiger partial charge in [-0.2, -0.15) is 0 Å². The van der Waals surface area contributed by atoms with Crippen molar-refractivity contribution in [3.05, 3.63) is 0 Å². The maximum Gasteiger partial charge on any atom is 0.105 e. The summed E-state index contributed by atoms with van der Waals surface area (Å²) in [6.07, 6.45) is -0.379. The molecule has 0 N–H and O–H groups in total. The lowest BCUT2D eigenvalue weighted by Crippen LogP contribution is -2.24. The molecular weight excluding hydrogens is 122 g/mol. The molecule has 0 aliphatic heterocycles. The highest BCUT2D eigenvalue weighted by atomic mass is 19.1. The predicted octanol–water partition coefficient (Wildman–Crippen LogP) is 2.48. The zero-order valence-electron chi connectivity index (χ0n) is 5.61. The Morgan fingerprint density at radius 2 is 1.89 bits per heavy atom.